The van der Waals surface area contributed by atoms with Gasteiger partial charge in [-0.1, -0.05) is 65.7 Å². The number of hydrazine groups is 1. The summed E-state index contributed by atoms with van der Waals surface area (Å²) in [7, 11) is 0. The Morgan fingerprint density at radius 1 is 0.970 bits per heavy atom. The van der Waals surface area contributed by atoms with E-state index in [0.717, 1.165) is 22.0 Å². The molecule has 3 aliphatic rings. The molecule has 2 aromatic carbocycles. The molecule has 0 radical (unpaired) electrons. The number of halogens is 1. The molecule has 1 aliphatic heterocycles. The third-order valence-electron chi connectivity index (χ3n) is 7.06. The molecule has 2 aromatic rings. The smallest absolute Gasteiger partial charge is 0.275 e. The van der Waals surface area contributed by atoms with Gasteiger partial charge in [-0.05, 0) is 44.2 Å². The number of rotatable bonds is 5. The second-order valence-electron chi connectivity index (χ2n) is 9.02. The summed E-state index contributed by atoms with van der Waals surface area (Å²) in [5.74, 6) is -2.88. The highest BCUT2D eigenvalue weighted by atomic mass is 35.5. The zero-order valence-electron chi connectivity index (χ0n) is 18.3. The van der Waals surface area contributed by atoms with Crippen LogP contribution in [0.5, 0.6) is 0 Å². The highest BCUT2D eigenvalue weighted by Gasteiger charge is 2.61. The van der Waals surface area contributed by atoms with E-state index < -0.39 is 35.6 Å². The minimum Gasteiger partial charge on any atom is -0.292 e. The molecular formula is C26H23ClN2O4. The number of ketones is 1. The van der Waals surface area contributed by atoms with E-state index in [1.165, 1.54) is 6.07 Å². The van der Waals surface area contributed by atoms with Gasteiger partial charge in [0.1, 0.15) is 6.04 Å². The molecule has 2 bridgehead atoms. The van der Waals surface area contributed by atoms with E-state index in [9.17, 15) is 19.2 Å². The fourth-order valence-electron chi connectivity index (χ4n) is 5.37. The second-order valence-corrected chi connectivity index (χ2v) is 9.43. The molecule has 0 unspecified atom stereocenters. The van der Waals surface area contributed by atoms with Gasteiger partial charge in [-0.25, -0.2) is 5.01 Å². The molecule has 33 heavy (non-hydrogen) atoms. The largest absolute Gasteiger partial charge is 0.292 e. The summed E-state index contributed by atoms with van der Waals surface area (Å²) in [5, 5.41) is 2.12. The van der Waals surface area contributed by atoms with Crippen LogP contribution < -0.4 is 0 Å². The normalized spacial score (nSPS) is 26.0. The molecule has 2 aliphatic carbocycles. The third kappa shape index (κ3) is 3.32. The average molecular weight is 463 g/mol. The van der Waals surface area contributed by atoms with Gasteiger partial charge in [0, 0.05) is 5.56 Å². The topological polar surface area (TPSA) is 74.8 Å². The van der Waals surface area contributed by atoms with E-state index in [1.54, 1.807) is 49.4 Å². The van der Waals surface area contributed by atoms with Gasteiger partial charge in [0.05, 0.1) is 22.4 Å². The van der Waals surface area contributed by atoms with Gasteiger partial charge in [0.2, 0.25) is 0 Å². The monoisotopic (exact) mass is 462 g/mol. The molecule has 0 spiro atoms. The molecule has 5 atom stereocenters. The Balaban J connectivity index is 1.56. The van der Waals surface area contributed by atoms with Crippen molar-refractivity contribution in [3.05, 3.63) is 82.4 Å². The fourth-order valence-corrected chi connectivity index (χ4v) is 5.58. The molecular weight excluding hydrogens is 440 g/mol. The van der Waals surface area contributed by atoms with Crippen molar-refractivity contribution in [3.63, 3.8) is 0 Å². The molecule has 1 saturated carbocycles. The Hall–Kier alpha value is -3.25. The Kier molecular flexibility index (Phi) is 5.20. The molecule has 3 amide bonds. The van der Waals surface area contributed by atoms with Crippen LogP contribution in [0.2, 0.25) is 5.02 Å². The minimum absolute atomic E-state index is 0.0122. The molecule has 168 valence electrons. The number of hydrogen-bond acceptors (Lipinski definition) is 4. The first-order valence-electron chi connectivity index (χ1n) is 11.0. The van der Waals surface area contributed by atoms with Crippen LogP contribution in [0.4, 0.5) is 0 Å². The number of hydrogen-bond donors (Lipinski definition) is 0. The van der Waals surface area contributed by atoms with Gasteiger partial charge in [-0.2, -0.15) is 5.01 Å². The highest BCUT2D eigenvalue weighted by molar-refractivity contribution is 6.34. The number of carbonyl (C=O) groups excluding carboxylic acids is 4. The van der Waals surface area contributed by atoms with Crippen molar-refractivity contribution in [2.24, 2.45) is 23.7 Å². The van der Waals surface area contributed by atoms with E-state index in [2.05, 4.69) is 0 Å². The van der Waals surface area contributed by atoms with Crippen LogP contribution in [0.15, 0.2) is 60.7 Å². The van der Waals surface area contributed by atoms with Gasteiger partial charge in [0.25, 0.3) is 17.7 Å². The predicted octanol–water partition coefficient (Wildman–Crippen LogP) is 4.08. The highest BCUT2D eigenvalue weighted by Crippen LogP contribution is 2.53. The molecule has 0 N–H and O–H groups in total. The maximum Gasteiger partial charge on any atom is 0.275 e. The van der Waals surface area contributed by atoms with Crippen molar-refractivity contribution in [1.29, 1.82) is 0 Å². The Bertz CT molecular complexity index is 1180. The van der Waals surface area contributed by atoms with Gasteiger partial charge in [0.15, 0.2) is 5.78 Å². The average Bonchev–Trinajstić information content (AvgIpc) is 3.49. The van der Waals surface area contributed by atoms with Crippen LogP contribution in [0, 0.1) is 30.6 Å². The zero-order valence-corrected chi connectivity index (χ0v) is 19.0. The number of allylic oxidation sites excluding steroid dienone is 2. The zero-order chi connectivity index (χ0) is 23.4. The van der Waals surface area contributed by atoms with Crippen LogP contribution in [-0.2, 0) is 9.59 Å². The number of imide groups is 1. The summed E-state index contributed by atoms with van der Waals surface area (Å²) in [6.45, 7) is 3.45. The van der Waals surface area contributed by atoms with Gasteiger partial charge in [-0.15, -0.1) is 0 Å². The van der Waals surface area contributed by atoms with Crippen molar-refractivity contribution >= 4 is 35.1 Å². The summed E-state index contributed by atoms with van der Waals surface area (Å²) >= 11 is 6.28. The summed E-state index contributed by atoms with van der Waals surface area (Å²) in [6, 6.07) is 12.3. The third-order valence-corrected chi connectivity index (χ3v) is 7.39. The number of amides is 3. The molecule has 7 heteroatoms. The molecule has 2 fully saturated rings. The van der Waals surface area contributed by atoms with Crippen molar-refractivity contribution in [1.82, 2.24) is 10.0 Å². The second kappa shape index (κ2) is 7.96. The van der Waals surface area contributed by atoms with Crippen LogP contribution in [-0.4, -0.2) is 39.6 Å². The number of aryl methyl sites for hydroxylation is 1. The maximum absolute atomic E-state index is 13.7. The van der Waals surface area contributed by atoms with E-state index in [0.29, 0.717) is 5.56 Å². The Morgan fingerprint density at radius 3 is 2.12 bits per heavy atom. The first-order chi connectivity index (χ1) is 15.8. The van der Waals surface area contributed by atoms with Gasteiger partial charge in [-0.3, -0.25) is 19.2 Å². The lowest BCUT2D eigenvalue weighted by Crippen LogP contribution is -2.57. The SMILES string of the molecule is Cc1ccc(C(=O)[C@H](C)N(C(=O)c2ccccc2Cl)N2C(=O)[C@@H]3[C@@H](C2=O)[C@H]2C=C[C@H]3C2)cc1. The van der Waals surface area contributed by atoms with Crippen LogP contribution in [0.1, 0.15) is 39.6 Å². The van der Waals surface area contributed by atoms with E-state index >= 15 is 0 Å². The van der Waals surface area contributed by atoms with E-state index in [4.69, 9.17) is 11.6 Å². The molecule has 1 saturated heterocycles. The Labute approximate surface area is 196 Å². The molecule has 1 heterocycles. The standard InChI is InChI=1S/C26H23ClN2O4/c1-14-7-9-16(10-8-14)23(30)15(2)28(24(31)19-5-3-4-6-20(19)27)29-25(32)21-17-11-12-18(13-17)22(21)26(29)33/h3-12,15,17-18,21-22H,13H2,1-2H3/t15-,17-,18-,21-,22-/m0/s1. The van der Waals surface area contributed by atoms with Crippen LogP contribution >= 0.6 is 11.6 Å². The number of Topliss-reactive ketones (excluding diaryl/α,β-unsaturated/α-hetero) is 1. The minimum atomic E-state index is -1.09. The maximum atomic E-state index is 13.7. The molecule has 0 aromatic heterocycles. The van der Waals surface area contributed by atoms with E-state index in [1.807, 2.05) is 19.1 Å². The summed E-state index contributed by atoms with van der Waals surface area (Å²) in [5.41, 5.74) is 1.51. The number of nitrogens with zero attached hydrogens (tertiary/aromatic N) is 2. The van der Waals surface area contributed by atoms with Crippen molar-refractivity contribution in [2.45, 2.75) is 26.3 Å². The Morgan fingerprint density at radius 2 is 1.55 bits per heavy atom. The summed E-state index contributed by atoms with van der Waals surface area (Å²) in [6.07, 6.45) is 4.75. The van der Waals surface area contributed by atoms with Crippen LogP contribution in [0.25, 0.3) is 0 Å². The van der Waals surface area contributed by atoms with Crippen molar-refractivity contribution in [2.75, 3.05) is 0 Å². The van der Waals surface area contributed by atoms with Crippen molar-refractivity contribution in [3.8, 4) is 0 Å². The predicted molar refractivity (Wildman–Crippen MR) is 122 cm³/mol. The van der Waals surface area contributed by atoms with Crippen LogP contribution in [0.3, 0.4) is 0 Å². The lowest BCUT2D eigenvalue weighted by atomic mass is 9.85. The lowest BCUT2D eigenvalue weighted by Gasteiger charge is -2.35. The lowest BCUT2D eigenvalue weighted by molar-refractivity contribution is -0.157. The molecule has 6 nitrogen and oxygen atoms in total. The first kappa shape index (κ1) is 21.6. The quantitative estimate of drug-likeness (QED) is 0.381. The molecule has 5 rings (SSSR count). The van der Waals surface area contributed by atoms with E-state index in [-0.39, 0.29) is 28.2 Å². The number of fused-ring (bicyclic) bond motifs is 5. The number of carbonyl (C=O) groups is 4. The number of benzene rings is 2. The summed E-state index contributed by atoms with van der Waals surface area (Å²) < 4.78 is 0. The van der Waals surface area contributed by atoms with Gasteiger partial charge >= 0.3 is 0 Å². The van der Waals surface area contributed by atoms with Gasteiger partial charge < -0.3 is 0 Å². The van der Waals surface area contributed by atoms with Crippen molar-refractivity contribution < 1.29 is 19.2 Å². The first-order valence-corrected chi connectivity index (χ1v) is 11.4. The summed E-state index contributed by atoms with van der Waals surface area (Å²) in [4.78, 5) is 54.1. The fraction of sp³-hybridized carbons (Fsp3) is 0.308.